The number of ether oxygens (including phenoxy) is 1. The fourth-order valence-electron chi connectivity index (χ4n) is 0.911. The molecule has 0 aliphatic carbocycles. The van der Waals surface area contributed by atoms with Gasteiger partial charge in [-0.25, -0.2) is 0 Å². The Hall–Kier alpha value is -1.10. The second-order valence-electron chi connectivity index (χ2n) is 4.31. The van der Waals surface area contributed by atoms with E-state index in [1.807, 2.05) is 0 Å². The van der Waals surface area contributed by atoms with Crippen molar-refractivity contribution in [1.82, 2.24) is 5.32 Å². The minimum atomic E-state index is -0.704. The average molecular weight is 264 g/mol. The molecule has 0 saturated heterocycles. The van der Waals surface area contributed by atoms with Gasteiger partial charge >= 0.3 is 5.97 Å². The number of carbonyl (C=O) groups is 3. The van der Waals surface area contributed by atoms with E-state index in [9.17, 15) is 14.4 Å². The summed E-state index contributed by atoms with van der Waals surface area (Å²) >= 11 is 5.62. The van der Waals surface area contributed by atoms with Crippen LogP contribution in [0.15, 0.2) is 0 Å². The van der Waals surface area contributed by atoms with Gasteiger partial charge in [0, 0.05) is 12.3 Å². The van der Waals surface area contributed by atoms with Gasteiger partial charge in [0.2, 0.25) is 5.91 Å². The third kappa shape index (κ3) is 6.26. The Bertz CT molecular complexity index is 302. The molecular weight excluding hydrogens is 246 g/mol. The molecule has 0 aromatic carbocycles. The molecule has 0 saturated carbocycles. The van der Waals surface area contributed by atoms with Crippen LogP contribution in [0.3, 0.4) is 0 Å². The van der Waals surface area contributed by atoms with Crippen molar-refractivity contribution in [2.75, 3.05) is 19.5 Å². The lowest BCUT2D eigenvalue weighted by Gasteiger charge is -2.19. The summed E-state index contributed by atoms with van der Waals surface area (Å²) in [6.45, 7) is 3.29. The number of hydrogen-bond donors (Lipinski definition) is 1. The van der Waals surface area contributed by atoms with Crippen molar-refractivity contribution in [3.8, 4) is 0 Å². The van der Waals surface area contributed by atoms with E-state index in [0.717, 1.165) is 0 Å². The fourth-order valence-corrected chi connectivity index (χ4v) is 1.03. The van der Waals surface area contributed by atoms with E-state index in [-0.39, 0.29) is 37.0 Å². The maximum atomic E-state index is 11.6. The van der Waals surface area contributed by atoms with Crippen molar-refractivity contribution in [3.63, 3.8) is 0 Å². The van der Waals surface area contributed by atoms with Crippen molar-refractivity contribution in [3.05, 3.63) is 0 Å². The number of methoxy groups -OCH3 is 1. The van der Waals surface area contributed by atoms with E-state index < -0.39 is 11.4 Å². The molecule has 1 amide bonds. The molecule has 0 aliphatic rings. The zero-order chi connectivity index (χ0) is 13.5. The van der Waals surface area contributed by atoms with Gasteiger partial charge in [-0.3, -0.25) is 14.4 Å². The Labute approximate surface area is 106 Å². The first-order valence-electron chi connectivity index (χ1n) is 5.26. The van der Waals surface area contributed by atoms with E-state index in [4.69, 9.17) is 11.6 Å². The lowest BCUT2D eigenvalue weighted by Crippen LogP contribution is -2.40. The van der Waals surface area contributed by atoms with Gasteiger partial charge in [-0.2, -0.15) is 0 Å². The van der Waals surface area contributed by atoms with Crippen LogP contribution in [0.5, 0.6) is 0 Å². The van der Waals surface area contributed by atoms with E-state index in [1.165, 1.54) is 7.11 Å². The normalized spacial score (nSPS) is 10.8. The summed E-state index contributed by atoms with van der Waals surface area (Å²) in [5.41, 5.74) is -0.704. The van der Waals surface area contributed by atoms with E-state index in [1.54, 1.807) is 13.8 Å². The highest BCUT2D eigenvalue weighted by Gasteiger charge is 2.26. The van der Waals surface area contributed by atoms with Crippen molar-refractivity contribution < 1.29 is 19.1 Å². The quantitative estimate of drug-likeness (QED) is 0.547. The molecule has 0 radical (unpaired) electrons. The molecule has 5 nitrogen and oxygen atoms in total. The van der Waals surface area contributed by atoms with Crippen molar-refractivity contribution in [2.24, 2.45) is 5.41 Å². The smallest absolute Gasteiger partial charge is 0.305 e. The molecule has 0 fully saturated rings. The van der Waals surface area contributed by atoms with Gasteiger partial charge in [0.15, 0.2) is 5.78 Å². The summed E-state index contributed by atoms with van der Waals surface area (Å²) in [6.07, 6.45) is 0.0956. The van der Waals surface area contributed by atoms with Gasteiger partial charge in [0.25, 0.3) is 0 Å². The first-order valence-corrected chi connectivity index (χ1v) is 5.79. The summed E-state index contributed by atoms with van der Waals surface area (Å²) in [7, 11) is 1.26. The number of halogens is 1. The summed E-state index contributed by atoms with van der Waals surface area (Å²) in [5, 5.41) is 2.49. The van der Waals surface area contributed by atoms with Gasteiger partial charge in [-0.05, 0) is 13.8 Å². The van der Waals surface area contributed by atoms with E-state index in [0.29, 0.717) is 0 Å². The molecule has 6 heteroatoms. The molecule has 0 heterocycles. The minimum Gasteiger partial charge on any atom is -0.469 e. The van der Waals surface area contributed by atoms with Gasteiger partial charge in [0.1, 0.15) is 0 Å². The second kappa shape index (κ2) is 7.27. The predicted octanol–water partition coefficient (Wildman–Crippen LogP) is 0.890. The highest BCUT2D eigenvalue weighted by Crippen LogP contribution is 2.16. The number of alkyl halides is 1. The third-order valence-electron chi connectivity index (χ3n) is 2.23. The monoisotopic (exact) mass is 263 g/mol. The molecule has 1 N–H and O–H groups in total. The highest BCUT2D eigenvalue weighted by atomic mass is 35.5. The van der Waals surface area contributed by atoms with Crippen LogP contribution in [0, 0.1) is 5.41 Å². The van der Waals surface area contributed by atoms with Gasteiger partial charge in [0.05, 0.1) is 25.5 Å². The molecule has 0 aromatic heterocycles. The number of rotatable bonds is 7. The van der Waals surface area contributed by atoms with Gasteiger partial charge in [-0.15, -0.1) is 11.6 Å². The van der Waals surface area contributed by atoms with Crippen LogP contribution in [0.25, 0.3) is 0 Å². The molecule has 0 aromatic rings. The van der Waals surface area contributed by atoms with Crippen LogP contribution in [0.4, 0.5) is 0 Å². The number of hydrogen-bond acceptors (Lipinski definition) is 4. The molecular formula is C11H18ClNO4. The standard InChI is InChI=1S/C11H18ClNO4/c1-11(2,7-12)10(16)13-6-8(14)4-5-9(15)17-3/h4-7H2,1-3H3,(H,13,16). The molecule has 17 heavy (non-hydrogen) atoms. The third-order valence-corrected chi connectivity index (χ3v) is 2.90. The van der Waals surface area contributed by atoms with Crippen molar-refractivity contribution in [1.29, 1.82) is 0 Å². The van der Waals surface area contributed by atoms with Crippen LogP contribution in [-0.4, -0.2) is 37.2 Å². The van der Waals surface area contributed by atoms with Crippen LogP contribution in [0.1, 0.15) is 26.7 Å². The van der Waals surface area contributed by atoms with Crippen LogP contribution >= 0.6 is 11.6 Å². The number of amides is 1. The van der Waals surface area contributed by atoms with Crippen molar-refractivity contribution in [2.45, 2.75) is 26.7 Å². The Morgan fingerprint density at radius 1 is 1.24 bits per heavy atom. The number of esters is 1. The lowest BCUT2D eigenvalue weighted by molar-refractivity contribution is -0.141. The predicted molar refractivity (Wildman–Crippen MR) is 63.8 cm³/mol. The molecule has 98 valence electrons. The molecule has 0 bridgehead atoms. The minimum absolute atomic E-state index is 0.0318. The molecule has 0 atom stereocenters. The topological polar surface area (TPSA) is 72.5 Å². The van der Waals surface area contributed by atoms with Crippen LogP contribution in [-0.2, 0) is 19.1 Å². The first kappa shape index (κ1) is 15.9. The Balaban J connectivity index is 3.93. The molecule has 0 spiro atoms. The number of ketones is 1. The first-order chi connectivity index (χ1) is 7.83. The van der Waals surface area contributed by atoms with E-state index in [2.05, 4.69) is 10.1 Å². The van der Waals surface area contributed by atoms with Gasteiger partial charge in [-0.1, -0.05) is 0 Å². The summed E-state index contributed by atoms with van der Waals surface area (Å²) in [4.78, 5) is 33.7. The lowest BCUT2D eigenvalue weighted by atomic mass is 9.95. The molecule has 0 unspecified atom stereocenters. The summed E-state index contributed by atoms with van der Waals surface area (Å²) in [5.74, 6) is -0.756. The zero-order valence-corrected chi connectivity index (χ0v) is 11.1. The second-order valence-corrected chi connectivity index (χ2v) is 4.58. The number of carbonyl (C=O) groups excluding carboxylic acids is 3. The summed E-state index contributed by atoms with van der Waals surface area (Å²) in [6, 6.07) is 0. The summed E-state index contributed by atoms with van der Waals surface area (Å²) < 4.78 is 4.40. The fraction of sp³-hybridized carbons (Fsp3) is 0.727. The van der Waals surface area contributed by atoms with E-state index >= 15 is 0 Å². The number of nitrogens with one attached hydrogen (secondary N) is 1. The Morgan fingerprint density at radius 3 is 2.29 bits per heavy atom. The maximum Gasteiger partial charge on any atom is 0.305 e. The molecule has 0 aliphatic heterocycles. The zero-order valence-electron chi connectivity index (χ0n) is 10.3. The largest absolute Gasteiger partial charge is 0.469 e. The maximum absolute atomic E-state index is 11.6. The SMILES string of the molecule is COC(=O)CCC(=O)CNC(=O)C(C)(C)CCl. The Morgan fingerprint density at radius 2 is 1.82 bits per heavy atom. The van der Waals surface area contributed by atoms with Gasteiger partial charge < -0.3 is 10.1 Å². The van der Waals surface area contributed by atoms with Crippen molar-refractivity contribution >= 4 is 29.3 Å². The highest BCUT2D eigenvalue weighted by molar-refractivity contribution is 6.19. The number of Topliss-reactive ketones (excluding diaryl/α,β-unsaturated/α-hetero) is 1. The average Bonchev–Trinajstić information content (AvgIpc) is 2.32. The van der Waals surface area contributed by atoms with Crippen LogP contribution < -0.4 is 5.32 Å². The molecule has 0 rings (SSSR count). The van der Waals surface area contributed by atoms with Crippen LogP contribution in [0.2, 0.25) is 0 Å². The Kier molecular flexibility index (Phi) is 6.80.